The lowest BCUT2D eigenvalue weighted by atomic mass is 10.0. The molecule has 42 heavy (non-hydrogen) atoms. The van der Waals surface area contributed by atoms with Crippen LogP contribution in [0.4, 0.5) is 5.69 Å². The van der Waals surface area contributed by atoms with Gasteiger partial charge < -0.3 is 10.2 Å². The van der Waals surface area contributed by atoms with E-state index in [0.29, 0.717) is 30.0 Å². The Morgan fingerprint density at radius 3 is 2.14 bits per heavy atom. The lowest BCUT2D eigenvalue weighted by molar-refractivity contribution is -0.141. The molecule has 2 amide bonds. The molecule has 0 saturated heterocycles. The molecule has 0 aliphatic carbocycles. The summed E-state index contributed by atoms with van der Waals surface area (Å²) in [5.41, 5.74) is 2.53. The van der Waals surface area contributed by atoms with Crippen LogP contribution in [0.25, 0.3) is 10.8 Å². The molecule has 5 rings (SSSR count). The number of sulfonamides is 1. The number of carbonyl (C=O) groups excluding carboxylic acids is 2. The van der Waals surface area contributed by atoms with Crippen molar-refractivity contribution in [1.82, 2.24) is 10.2 Å². The Labute approximate surface area is 248 Å². The molecule has 0 radical (unpaired) electrons. The summed E-state index contributed by atoms with van der Waals surface area (Å²) < 4.78 is 28.3. The van der Waals surface area contributed by atoms with E-state index in [1.807, 2.05) is 98.8 Å². The number of rotatable bonds is 12. The third-order valence-corrected chi connectivity index (χ3v) is 9.44. The zero-order valence-corrected chi connectivity index (χ0v) is 24.9. The van der Waals surface area contributed by atoms with Crippen molar-refractivity contribution in [3.8, 4) is 0 Å². The SMILES string of the molecule is CC(C)CNC(=O)C(Cc1ccccc1)N(Cc1ccccc1)C(=O)CCCN1c2cccc3cccc(c23)S1(=O)=O. The molecular weight excluding hydrogens is 546 g/mol. The standard InChI is InChI=1S/C34H37N3O4S/c1-25(2)23-35-34(39)30(22-26-12-5-3-6-13-26)36(24-27-14-7-4-8-15-27)32(38)20-11-21-37-29-18-9-16-28-17-10-19-31(33(28)29)42(37,40)41/h3-10,12-19,25,30H,11,20-24H2,1-2H3,(H,35,39). The average molecular weight is 584 g/mol. The quantitative estimate of drug-likeness (QED) is 0.237. The number of hydrogen-bond donors (Lipinski definition) is 1. The molecule has 0 bridgehead atoms. The van der Waals surface area contributed by atoms with Gasteiger partial charge in [0.25, 0.3) is 10.0 Å². The van der Waals surface area contributed by atoms with E-state index >= 15 is 0 Å². The number of nitrogens with zero attached hydrogens (tertiary/aromatic N) is 2. The van der Waals surface area contributed by atoms with Gasteiger partial charge >= 0.3 is 0 Å². The highest BCUT2D eigenvalue weighted by atomic mass is 32.2. The Hall–Kier alpha value is -4.17. The summed E-state index contributed by atoms with van der Waals surface area (Å²) in [6.07, 6.45) is 0.800. The summed E-state index contributed by atoms with van der Waals surface area (Å²) in [6.45, 7) is 5.02. The van der Waals surface area contributed by atoms with Crippen LogP contribution < -0.4 is 9.62 Å². The fraction of sp³-hybridized carbons (Fsp3) is 0.294. The molecule has 1 N–H and O–H groups in total. The number of amides is 2. The maximum Gasteiger partial charge on any atom is 0.265 e. The fourth-order valence-corrected chi connectivity index (χ4v) is 7.22. The van der Waals surface area contributed by atoms with Crippen LogP contribution >= 0.6 is 0 Å². The van der Waals surface area contributed by atoms with Crippen molar-refractivity contribution in [1.29, 1.82) is 0 Å². The molecule has 1 atom stereocenters. The second-order valence-electron chi connectivity index (χ2n) is 11.2. The van der Waals surface area contributed by atoms with E-state index in [-0.39, 0.29) is 37.2 Å². The van der Waals surface area contributed by atoms with Gasteiger partial charge in [-0.1, -0.05) is 98.8 Å². The highest BCUT2D eigenvalue weighted by molar-refractivity contribution is 7.93. The van der Waals surface area contributed by atoms with E-state index in [9.17, 15) is 18.0 Å². The van der Waals surface area contributed by atoms with Gasteiger partial charge in [0.1, 0.15) is 6.04 Å². The van der Waals surface area contributed by atoms with Crippen molar-refractivity contribution < 1.29 is 18.0 Å². The highest BCUT2D eigenvalue weighted by Crippen LogP contribution is 2.42. The second kappa shape index (κ2) is 12.8. The molecule has 218 valence electrons. The number of hydrogen-bond acceptors (Lipinski definition) is 4. The first kappa shape index (κ1) is 29.3. The van der Waals surface area contributed by atoms with Crippen LogP contribution in [-0.4, -0.2) is 44.3 Å². The average Bonchev–Trinajstić information content (AvgIpc) is 3.21. The zero-order valence-electron chi connectivity index (χ0n) is 24.1. The number of benzene rings is 4. The fourth-order valence-electron chi connectivity index (χ4n) is 5.47. The first-order chi connectivity index (χ1) is 20.3. The summed E-state index contributed by atoms with van der Waals surface area (Å²) in [4.78, 5) is 29.5. The van der Waals surface area contributed by atoms with Crippen molar-refractivity contribution in [2.24, 2.45) is 5.92 Å². The number of carbonyl (C=O) groups is 2. The molecule has 0 aromatic heterocycles. The smallest absolute Gasteiger partial charge is 0.265 e. The predicted octanol–water partition coefficient (Wildman–Crippen LogP) is 5.54. The summed E-state index contributed by atoms with van der Waals surface area (Å²) in [5, 5.41) is 4.63. The van der Waals surface area contributed by atoms with Gasteiger partial charge in [0.05, 0.1) is 10.6 Å². The molecule has 0 spiro atoms. The molecule has 8 heteroatoms. The summed E-state index contributed by atoms with van der Waals surface area (Å²) >= 11 is 0. The van der Waals surface area contributed by atoms with Gasteiger partial charge in [-0.05, 0) is 41.0 Å². The van der Waals surface area contributed by atoms with Gasteiger partial charge in [0, 0.05) is 37.9 Å². The third-order valence-electron chi connectivity index (χ3n) is 7.58. The summed E-state index contributed by atoms with van der Waals surface area (Å²) in [6, 6.07) is 29.5. The van der Waals surface area contributed by atoms with Crippen LogP contribution in [0.15, 0.2) is 102 Å². The number of nitrogens with one attached hydrogen (secondary N) is 1. The van der Waals surface area contributed by atoms with Gasteiger partial charge in [0.2, 0.25) is 11.8 Å². The van der Waals surface area contributed by atoms with Crippen LogP contribution in [-0.2, 0) is 32.6 Å². The van der Waals surface area contributed by atoms with Gasteiger partial charge in [-0.15, -0.1) is 0 Å². The maximum absolute atomic E-state index is 13.9. The van der Waals surface area contributed by atoms with E-state index in [4.69, 9.17) is 0 Å². The normalized spacial score (nSPS) is 14.2. The lowest BCUT2D eigenvalue weighted by Gasteiger charge is -2.32. The maximum atomic E-state index is 13.9. The van der Waals surface area contributed by atoms with E-state index < -0.39 is 16.1 Å². The summed E-state index contributed by atoms with van der Waals surface area (Å²) in [5.74, 6) is -0.117. The number of anilines is 1. The second-order valence-corrected chi connectivity index (χ2v) is 13.0. The van der Waals surface area contributed by atoms with E-state index in [1.54, 1.807) is 17.0 Å². The van der Waals surface area contributed by atoms with Crippen LogP contribution in [0, 0.1) is 5.92 Å². The summed E-state index contributed by atoms with van der Waals surface area (Å²) in [7, 11) is -3.71. The van der Waals surface area contributed by atoms with Crippen molar-refractivity contribution in [2.45, 2.75) is 50.6 Å². The van der Waals surface area contributed by atoms with Gasteiger partial charge in [-0.25, -0.2) is 8.42 Å². The minimum atomic E-state index is -3.71. The molecule has 0 fully saturated rings. The Balaban J connectivity index is 1.38. The van der Waals surface area contributed by atoms with E-state index in [2.05, 4.69) is 5.32 Å². The topological polar surface area (TPSA) is 86.8 Å². The largest absolute Gasteiger partial charge is 0.354 e. The molecule has 1 heterocycles. The van der Waals surface area contributed by atoms with Crippen molar-refractivity contribution in [2.75, 3.05) is 17.4 Å². The molecule has 4 aromatic rings. The van der Waals surface area contributed by atoms with E-state index in [0.717, 1.165) is 21.9 Å². The lowest BCUT2D eigenvalue weighted by Crippen LogP contribution is -2.51. The van der Waals surface area contributed by atoms with Crippen LogP contribution in [0.3, 0.4) is 0 Å². The van der Waals surface area contributed by atoms with Crippen LogP contribution in [0.2, 0.25) is 0 Å². The third kappa shape index (κ3) is 6.34. The van der Waals surface area contributed by atoms with Gasteiger partial charge in [-0.3, -0.25) is 13.9 Å². The first-order valence-electron chi connectivity index (χ1n) is 14.4. The predicted molar refractivity (Wildman–Crippen MR) is 166 cm³/mol. The molecular formula is C34H37N3O4S. The zero-order chi connectivity index (χ0) is 29.7. The molecule has 4 aromatic carbocycles. The molecule has 1 unspecified atom stereocenters. The van der Waals surface area contributed by atoms with Gasteiger partial charge in [-0.2, -0.15) is 0 Å². The van der Waals surface area contributed by atoms with Crippen LogP contribution in [0.5, 0.6) is 0 Å². The van der Waals surface area contributed by atoms with Gasteiger partial charge in [0.15, 0.2) is 0 Å². The van der Waals surface area contributed by atoms with Crippen LogP contribution in [0.1, 0.15) is 37.8 Å². The molecule has 7 nitrogen and oxygen atoms in total. The minimum absolute atomic E-state index is 0.105. The molecule has 1 aliphatic heterocycles. The monoisotopic (exact) mass is 583 g/mol. The van der Waals surface area contributed by atoms with E-state index in [1.165, 1.54) is 4.31 Å². The first-order valence-corrected chi connectivity index (χ1v) is 15.9. The minimum Gasteiger partial charge on any atom is -0.354 e. The molecule has 1 aliphatic rings. The highest BCUT2D eigenvalue weighted by Gasteiger charge is 2.36. The van der Waals surface area contributed by atoms with Crippen molar-refractivity contribution >= 4 is 38.3 Å². The molecule has 0 saturated carbocycles. The Morgan fingerprint density at radius 2 is 1.48 bits per heavy atom. The van der Waals surface area contributed by atoms with Crippen molar-refractivity contribution in [3.05, 3.63) is 108 Å². The Bertz CT molecular complexity index is 1650. The van der Waals surface area contributed by atoms with Crippen molar-refractivity contribution in [3.63, 3.8) is 0 Å². The Morgan fingerprint density at radius 1 is 0.833 bits per heavy atom. The Kier molecular flexibility index (Phi) is 8.92.